The number of ether oxygens (including phenoxy) is 1. The minimum atomic E-state index is -1.32. The number of fused-ring (bicyclic) bond motifs is 1. The molecule has 0 aliphatic heterocycles. The van der Waals surface area contributed by atoms with Gasteiger partial charge in [0.2, 0.25) is 0 Å². The molecule has 3 rings (SSSR count). The van der Waals surface area contributed by atoms with Gasteiger partial charge in [0.25, 0.3) is 0 Å². The highest BCUT2D eigenvalue weighted by molar-refractivity contribution is 6.01. The van der Waals surface area contributed by atoms with Gasteiger partial charge in [-0.05, 0) is 29.0 Å². The Bertz CT molecular complexity index is 1050. The molecule has 0 amide bonds. The molecule has 0 atom stereocenters. The van der Waals surface area contributed by atoms with Crippen molar-refractivity contribution in [2.24, 2.45) is 0 Å². The van der Waals surface area contributed by atoms with E-state index in [1.807, 2.05) is 30.3 Å². The van der Waals surface area contributed by atoms with Crippen molar-refractivity contribution in [3.05, 3.63) is 83.2 Å². The predicted molar refractivity (Wildman–Crippen MR) is 95.9 cm³/mol. The van der Waals surface area contributed by atoms with Crippen molar-refractivity contribution in [2.45, 2.75) is 6.61 Å². The third-order valence-corrected chi connectivity index (χ3v) is 3.91. The van der Waals surface area contributed by atoms with Crippen LogP contribution < -0.4 is 4.74 Å². The zero-order chi connectivity index (χ0) is 18.5. The Morgan fingerprint density at radius 3 is 2.58 bits per heavy atom. The molecule has 0 aromatic heterocycles. The second-order valence-electron chi connectivity index (χ2n) is 5.55. The number of benzene rings is 3. The highest BCUT2D eigenvalue weighted by Gasteiger charge is 2.13. The Kier molecular flexibility index (Phi) is 4.95. The van der Waals surface area contributed by atoms with Crippen LogP contribution in [0.2, 0.25) is 0 Å². The molecule has 26 heavy (non-hydrogen) atoms. The quantitative estimate of drug-likeness (QED) is 0.543. The number of hydrogen-bond acceptors (Lipinski definition) is 3. The van der Waals surface area contributed by atoms with E-state index in [9.17, 15) is 9.18 Å². The predicted octanol–water partition coefficient (Wildman–Crippen LogP) is 4.55. The van der Waals surface area contributed by atoms with Crippen molar-refractivity contribution in [3.8, 4) is 11.8 Å². The molecule has 128 valence electrons. The smallest absolute Gasteiger partial charge is 0.346 e. The van der Waals surface area contributed by atoms with E-state index in [2.05, 4.69) is 0 Å². The molecule has 0 spiro atoms. The summed E-state index contributed by atoms with van der Waals surface area (Å²) in [7, 11) is 0. The molecule has 0 aliphatic rings. The van der Waals surface area contributed by atoms with Crippen LogP contribution in [-0.4, -0.2) is 11.1 Å². The van der Waals surface area contributed by atoms with Gasteiger partial charge >= 0.3 is 5.97 Å². The molecule has 0 aliphatic carbocycles. The first kappa shape index (κ1) is 17.2. The second kappa shape index (κ2) is 7.49. The fourth-order valence-corrected chi connectivity index (χ4v) is 2.61. The zero-order valence-electron chi connectivity index (χ0n) is 13.6. The maximum absolute atomic E-state index is 13.8. The van der Waals surface area contributed by atoms with E-state index in [1.165, 1.54) is 12.1 Å². The maximum atomic E-state index is 13.8. The lowest BCUT2D eigenvalue weighted by Gasteiger charge is -2.13. The van der Waals surface area contributed by atoms with Crippen LogP contribution in [0.15, 0.2) is 66.2 Å². The van der Waals surface area contributed by atoms with E-state index >= 15 is 0 Å². The minimum absolute atomic E-state index is 0.0131. The van der Waals surface area contributed by atoms with Gasteiger partial charge in [0, 0.05) is 11.1 Å². The van der Waals surface area contributed by atoms with Crippen molar-refractivity contribution >= 4 is 22.8 Å². The van der Waals surface area contributed by atoms with Crippen LogP contribution in [0, 0.1) is 17.1 Å². The number of halogens is 1. The largest absolute Gasteiger partial charge is 0.488 e. The molecule has 4 nitrogen and oxygen atoms in total. The summed E-state index contributed by atoms with van der Waals surface area (Å²) in [6.07, 6.45) is 1.28. The van der Waals surface area contributed by atoms with Crippen LogP contribution >= 0.6 is 0 Å². The van der Waals surface area contributed by atoms with E-state index in [-0.39, 0.29) is 12.4 Å². The summed E-state index contributed by atoms with van der Waals surface area (Å²) in [5.41, 5.74) is 0.449. The lowest BCUT2D eigenvalue weighted by Crippen LogP contribution is -2.01. The van der Waals surface area contributed by atoms with Gasteiger partial charge in [-0.1, -0.05) is 48.5 Å². The number of carboxylic acid groups (broad SMARTS) is 1. The Hall–Kier alpha value is -3.65. The molecule has 3 aromatic rings. The highest BCUT2D eigenvalue weighted by atomic mass is 19.1. The highest BCUT2D eigenvalue weighted by Crippen LogP contribution is 2.31. The molecule has 5 heteroatoms. The average Bonchev–Trinajstić information content (AvgIpc) is 2.65. The maximum Gasteiger partial charge on any atom is 0.346 e. The van der Waals surface area contributed by atoms with Gasteiger partial charge in [-0.15, -0.1) is 0 Å². The van der Waals surface area contributed by atoms with Crippen molar-refractivity contribution in [1.29, 1.82) is 5.26 Å². The third kappa shape index (κ3) is 3.55. The van der Waals surface area contributed by atoms with Gasteiger partial charge < -0.3 is 9.84 Å². The topological polar surface area (TPSA) is 70.3 Å². The first-order chi connectivity index (χ1) is 12.6. The summed E-state index contributed by atoms with van der Waals surface area (Å²) in [6.45, 7) is -0.0131. The minimum Gasteiger partial charge on any atom is -0.488 e. The van der Waals surface area contributed by atoms with Gasteiger partial charge in [-0.25, -0.2) is 9.18 Å². The fraction of sp³-hybridized carbons (Fsp3) is 0.0476. The third-order valence-electron chi connectivity index (χ3n) is 3.91. The number of rotatable bonds is 5. The zero-order valence-corrected chi connectivity index (χ0v) is 13.6. The molecule has 0 heterocycles. The van der Waals surface area contributed by atoms with Crippen LogP contribution in [0.5, 0.6) is 5.75 Å². The lowest BCUT2D eigenvalue weighted by molar-refractivity contribution is -0.132. The van der Waals surface area contributed by atoms with E-state index in [4.69, 9.17) is 15.1 Å². The molecule has 0 radical (unpaired) electrons. The van der Waals surface area contributed by atoms with E-state index in [0.29, 0.717) is 16.9 Å². The normalized spacial score (nSPS) is 11.2. The summed E-state index contributed by atoms with van der Waals surface area (Å²) in [5.74, 6) is -1.32. The van der Waals surface area contributed by atoms with E-state index in [1.54, 1.807) is 30.3 Å². The number of carboxylic acids is 1. The summed E-state index contributed by atoms with van der Waals surface area (Å²) >= 11 is 0. The SMILES string of the molecule is N#CC(=Cc1c(OCc2ccccc2F)ccc2ccccc12)C(=O)O. The number of nitriles is 1. The average molecular weight is 347 g/mol. The molecule has 0 unspecified atom stereocenters. The van der Waals surface area contributed by atoms with Crippen LogP contribution in [0.3, 0.4) is 0 Å². The first-order valence-corrected chi connectivity index (χ1v) is 7.83. The number of carbonyl (C=O) groups is 1. The lowest BCUT2D eigenvalue weighted by atomic mass is 10.0. The Morgan fingerprint density at radius 1 is 1.12 bits per heavy atom. The number of hydrogen-bond donors (Lipinski definition) is 1. The first-order valence-electron chi connectivity index (χ1n) is 7.83. The number of aliphatic carboxylic acids is 1. The van der Waals surface area contributed by atoms with Crippen molar-refractivity contribution in [2.75, 3.05) is 0 Å². The van der Waals surface area contributed by atoms with Gasteiger partial charge in [-0.3, -0.25) is 0 Å². The van der Waals surface area contributed by atoms with Gasteiger partial charge in [0.05, 0.1) is 0 Å². The van der Waals surface area contributed by atoms with Crippen LogP contribution in [-0.2, 0) is 11.4 Å². The van der Waals surface area contributed by atoms with Gasteiger partial charge in [0.1, 0.15) is 29.8 Å². The van der Waals surface area contributed by atoms with Crippen LogP contribution in [0.25, 0.3) is 16.8 Å². The van der Waals surface area contributed by atoms with Gasteiger partial charge in [0.15, 0.2) is 0 Å². The molecule has 3 aromatic carbocycles. The Balaban J connectivity index is 2.07. The second-order valence-corrected chi connectivity index (χ2v) is 5.55. The molecular weight excluding hydrogens is 333 g/mol. The Labute approximate surface area is 149 Å². The monoisotopic (exact) mass is 347 g/mol. The summed E-state index contributed by atoms with van der Waals surface area (Å²) in [5, 5.41) is 19.9. The molecular formula is C21H14FNO3. The van der Waals surface area contributed by atoms with Gasteiger partial charge in [-0.2, -0.15) is 5.26 Å². The molecule has 0 fully saturated rings. The summed E-state index contributed by atoms with van der Waals surface area (Å²) in [6, 6.07) is 18.8. The molecule has 0 bridgehead atoms. The van der Waals surface area contributed by atoms with Crippen LogP contribution in [0.4, 0.5) is 4.39 Å². The van der Waals surface area contributed by atoms with E-state index < -0.39 is 11.5 Å². The Morgan fingerprint density at radius 2 is 1.85 bits per heavy atom. The van der Waals surface area contributed by atoms with E-state index in [0.717, 1.165) is 10.8 Å². The summed E-state index contributed by atoms with van der Waals surface area (Å²) in [4.78, 5) is 11.2. The standard InChI is InChI=1S/C21H14FNO3/c22-19-8-4-2-6-15(19)13-26-20-10-9-14-5-1-3-7-17(14)18(20)11-16(12-23)21(24)25/h1-11H,13H2,(H,24,25). The van der Waals surface area contributed by atoms with Crippen LogP contribution in [0.1, 0.15) is 11.1 Å². The molecule has 0 saturated heterocycles. The molecule has 1 N–H and O–H groups in total. The van der Waals surface area contributed by atoms with Crippen molar-refractivity contribution < 1.29 is 19.0 Å². The number of nitrogens with zero attached hydrogens (tertiary/aromatic N) is 1. The van der Waals surface area contributed by atoms with Crippen molar-refractivity contribution in [1.82, 2.24) is 0 Å². The molecule has 0 saturated carbocycles. The fourth-order valence-electron chi connectivity index (χ4n) is 2.61. The summed E-state index contributed by atoms with van der Waals surface area (Å²) < 4.78 is 19.6. The van der Waals surface area contributed by atoms with Crippen molar-refractivity contribution in [3.63, 3.8) is 0 Å².